The number of amides is 2. The molecule has 0 aliphatic carbocycles. The summed E-state index contributed by atoms with van der Waals surface area (Å²) in [6, 6.07) is 5.15. The van der Waals surface area contributed by atoms with Crippen LogP contribution in [0.1, 0.15) is 36.9 Å². The predicted molar refractivity (Wildman–Crippen MR) is 130 cm³/mol. The van der Waals surface area contributed by atoms with E-state index in [1.165, 1.54) is 0 Å². The number of ketones is 1. The third-order valence-corrected chi connectivity index (χ3v) is 5.95. The van der Waals surface area contributed by atoms with Crippen molar-refractivity contribution in [1.29, 1.82) is 0 Å². The van der Waals surface area contributed by atoms with Gasteiger partial charge in [0.2, 0.25) is 11.8 Å². The number of benzene rings is 1. The molecule has 2 amide bonds. The van der Waals surface area contributed by atoms with E-state index in [9.17, 15) is 14.4 Å². The first-order valence-electron chi connectivity index (χ1n) is 10.1. The zero-order valence-electron chi connectivity index (χ0n) is 18.2. The lowest BCUT2D eigenvalue weighted by Crippen LogP contribution is -2.57. The van der Waals surface area contributed by atoms with Crippen LogP contribution < -0.4 is 21.7 Å². The van der Waals surface area contributed by atoms with E-state index in [1.807, 2.05) is 24.3 Å². The number of rotatable bonds is 7. The average Bonchev–Trinajstić information content (AvgIpc) is 2.75. The fourth-order valence-electron chi connectivity index (χ4n) is 4.05. The highest BCUT2D eigenvalue weighted by Crippen LogP contribution is 2.30. The van der Waals surface area contributed by atoms with Crippen molar-refractivity contribution in [1.82, 2.24) is 16.0 Å². The summed E-state index contributed by atoms with van der Waals surface area (Å²) in [5, 5.41) is 8.97. The third kappa shape index (κ3) is 7.04. The molecule has 0 bridgehead atoms. The van der Waals surface area contributed by atoms with E-state index in [1.54, 1.807) is 14.0 Å². The quantitative estimate of drug-likeness (QED) is 0.434. The van der Waals surface area contributed by atoms with Crippen LogP contribution >= 0.6 is 37.2 Å². The molecule has 1 aromatic carbocycles. The van der Waals surface area contributed by atoms with Gasteiger partial charge in [0.25, 0.3) is 0 Å². The van der Waals surface area contributed by atoms with Gasteiger partial charge in [-0.05, 0) is 50.3 Å². The number of ether oxygens (including phenoxy) is 1. The van der Waals surface area contributed by atoms with Gasteiger partial charge in [0, 0.05) is 13.2 Å². The number of hydrogen-bond acceptors (Lipinski definition) is 6. The Morgan fingerprint density at radius 3 is 2.34 bits per heavy atom. The molecule has 1 saturated heterocycles. The Hall–Kier alpha value is -1.42. The SMILES string of the molecule is CN[C@@H](C)C(=O)N[C@H](C(=O)C1NC(C(N)=O)Cc2ccccc21)C1CCOCC1.Cl.Cl.Cl. The molecule has 2 aliphatic heterocycles. The number of likely N-dealkylation sites (N-methyl/N-ethyl adjacent to an activating group) is 1. The van der Waals surface area contributed by atoms with Crippen molar-refractivity contribution in [3.8, 4) is 0 Å². The predicted octanol–water partition coefficient (Wildman–Crippen LogP) is 1.08. The lowest BCUT2D eigenvalue weighted by molar-refractivity contribution is -0.132. The van der Waals surface area contributed by atoms with Crippen LogP contribution in [0.15, 0.2) is 24.3 Å². The normalized spacial score (nSPS) is 21.9. The van der Waals surface area contributed by atoms with E-state index in [4.69, 9.17) is 10.5 Å². The maximum atomic E-state index is 13.7. The van der Waals surface area contributed by atoms with E-state index < -0.39 is 30.1 Å². The maximum absolute atomic E-state index is 13.7. The van der Waals surface area contributed by atoms with Crippen LogP contribution in [0.2, 0.25) is 0 Å². The highest BCUT2D eigenvalue weighted by molar-refractivity contribution is 5.96. The Labute approximate surface area is 207 Å². The average molecular weight is 512 g/mol. The van der Waals surface area contributed by atoms with Gasteiger partial charge in [0.1, 0.15) is 0 Å². The fourth-order valence-corrected chi connectivity index (χ4v) is 4.05. The van der Waals surface area contributed by atoms with Gasteiger partial charge < -0.3 is 21.1 Å². The lowest BCUT2D eigenvalue weighted by atomic mass is 9.81. The lowest BCUT2D eigenvalue weighted by Gasteiger charge is -2.36. The van der Waals surface area contributed by atoms with Crippen LogP contribution in [0.4, 0.5) is 0 Å². The van der Waals surface area contributed by atoms with Crippen molar-refractivity contribution in [2.24, 2.45) is 11.7 Å². The second-order valence-corrected chi connectivity index (χ2v) is 7.81. The van der Waals surface area contributed by atoms with Crippen LogP contribution in [0.5, 0.6) is 0 Å². The van der Waals surface area contributed by atoms with Crippen molar-refractivity contribution < 1.29 is 19.1 Å². The Kier molecular flexibility index (Phi) is 13.4. The summed E-state index contributed by atoms with van der Waals surface area (Å²) < 4.78 is 5.44. The number of halogens is 3. The first kappa shape index (κ1) is 30.6. The second-order valence-electron chi connectivity index (χ2n) is 7.81. The third-order valence-electron chi connectivity index (χ3n) is 5.95. The smallest absolute Gasteiger partial charge is 0.237 e. The molecule has 0 spiro atoms. The molecule has 8 nitrogen and oxygen atoms in total. The number of primary amides is 1. The van der Waals surface area contributed by atoms with Crippen molar-refractivity contribution in [3.63, 3.8) is 0 Å². The van der Waals surface area contributed by atoms with E-state index >= 15 is 0 Å². The molecule has 1 fully saturated rings. The molecule has 182 valence electrons. The molecular weight excluding hydrogens is 479 g/mol. The topological polar surface area (TPSA) is 123 Å². The van der Waals surface area contributed by atoms with Gasteiger partial charge in [0.05, 0.1) is 24.2 Å². The Bertz CT molecular complexity index is 777. The van der Waals surface area contributed by atoms with Gasteiger partial charge in [-0.2, -0.15) is 0 Å². The number of nitrogens with two attached hydrogens (primary N) is 1. The maximum Gasteiger partial charge on any atom is 0.237 e. The van der Waals surface area contributed by atoms with E-state index in [2.05, 4.69) is 16.0 Å². The van der Waals surface area contributed by atoms with Crippen molar-refractivity contribution in [2.75, 3.05) is 20.3 Å². The summed E-state index contributed by atoms with van der Waals surface area (Å²) in [5.74, 6) is -0.889. The molecule has 1 aromatic rings. The summed E-state index contributed by atoms with van der Waals surface area (Å²) in [7, 11) is 1.70. The summed E-state index contributed by atoms with van der Waals surface area (Å²) in [4.78, 5) is 38.1. The van der Waals surface area contributed by atoms with Gasteiger partial charge in [-0.1, -0.05) is 24.3 Å². The Morgan fingerprint density at radius 1 is 1.12 bits per heavy atom. The summed E-state index contributed by atoms with van der Waals surface area (Å²) in [6.07, 6.45) is 1.83. The highest BCUT2D eigenvalue weighted by atomic mass is 35.5. The molecular formula is C21H33Cl3N4O4. The number of nitrogens with one attached hydrogen (secondary N) is 3. The van der Waals surface area contributed by atoms with Gasteiger partial charge in [0.15, 0.2) is 5.78 Å². The molecule has 32 heavy (non-hydrogen) atoms. The minimum Gasteiger partial charge on any atom is -0.381 e. The van der Waals surface area contributed by atoms with Crippen LogP contribution in [-0.2, 0) is 25.5 Å². The molecule has 4 atom stereocenters. The van der Waals surface area contributed by atoms with Gasteiger partial charge in [-0.3, -0.25) is 19.7 Å². The van der Waals surface area contributed by atoms with Crippen LogP contribution in [0, 0.1) is 5.92 Å². The molecule has 2 unspecified atom stereocenters. The minimum atomic E-state index is -0.699. The van der Waals surface area contributed by atoms with Crippen molar-refractivity contribution >= 4 is 54.8 Å². The fraction of sp³-hybridized carbons (Fsp3) is 0.571. The van der Waals surface area contributed by atoms with Crippen LogP contribution in [0.25, 0.3) is 0 Å². The molecule has 0 aromatic heterocycles. The summed E-state index contributed by atoms with van der Waals surface area (Å²) >= 11 is 0. The van der Waals surface area contributed by atoms with E-state index in [0.29, 0.717) is 32.5 Å². The van der Waals surface area contributed by atoms with E-state index in [-0.39, 0.29) is 54.8 Å². The number of carbonyl (C=O) groups is 3. The first-order valence-corrected chi connectivity index (χ1v) is 10.1. The number of hydrogen-bond donors (Lipinski definition) is 4. The standard InChI is InChI=1S/C21H30N4O4.3ClH/c1-12(23-2)21(28)25-17(13-7-9-29-10-8-13)19(26)18-15-6-4-3-5-14(15)11-16(24-18)20(22)27;;;/h3-6,12-13,16-18,23-24H,7-11H2,1-2H3,(H2,22,27)(H,25,28);3*1H/t12-,16?,17-,18?;;;/m0.../s1. The monoisotopic (exact) mass is 510 g/mol. The van der Waals surface area contributed by atoms with Gasteiger partial charge >= 0.3 is 0 Å². The molecule has 2 heterocycles. The molecule has 5 N–H and O–H groups in total. The molecule has 0 radical (unpaired) electrons. The molecule has 0 saturated carbocycles. The van der Waals surface area contributed by atoms with Crippen molar-refractivity contribution in [2.45, 2.75) is 50.4 Å². The second kappa shape index (κ2) is 14.0. The first-order chi connectivity index (χ1) is 13.9. The van der Waals surface area contributed by atoms with Gasteiger partial charge in [-0.25, -0.2) is 0 Å². The molecule has 11 heteroatoms. The van der Waals surface area contributed by atoms with Crippen LogP contribution in [-0.4, -0.2) is 56.0 Å². The van der Waals surface area contributed by atoms with Gasteiger partial charge in [-0.15, -0.1) is 37.2 Å². The minimum absolute atomic E-state index is 0. The van der Waals surface area contributed by atoms with Crippen molar-refractivity contribution in [3.05, 3.63) is 35.4 Å². The molecule has 2 aliphatic rings. The van der Waals surface area contributed by atoms with Crippen LogP contribution in [0.3, 0.4) is 0 Å². The summed E-state index contributed by atoms with van der Waals surface area (Å²) in [6.45, 7) is 2.87. The summed E-state index contributed by atoms with van der Waals surface area (Å²) in [5.41, 5.74) is 7.30. The zero-order valence-corrected chi connectivity index (χ0v) is 20.6. The highest BCUT2D eigenvalue weighted by Gasteiger charge is 2.40. The number of Topliss-reactive ketones (excluding diaryl/α,β-unsaturated/α-hetero) is 1. The number of fused-ring (bicyclic) bond motifs is 1. The Morgan fingerprint density at radius 2 is 1.75 bits per heavy atom. The molecule has 3 rings (SSSR count). The zero-order chi connectivity index (χ0) is 21.0. The van der Waals surface area contributed by atoms with E-state index in [0.717, 1.165) is 11.1 Å². The number of carbonyl (C=O) groups excluding carboxylic acids is 3. The largest absolute Gasteiger partial charge is 0.381 e. The Balaban J connectivity index is 0.00000320.